The molecular weight excluding hydrogens is 190 g/mol. The van der Waals surface area contributed by atoms with Crippen LogP contribution in [0.25, 0.3) is 10.8 Å². The van der Waals surface area contributed by atoms with Crippen molar-refractivity contribution in [1.82, 2.24) is 0 Å². The van der Waals surface area contributed by atoms with Gasteiger partial charge in [-0.1, -0.05) is 48.5 Å². The second-order valence-electron chi connectivity index (χ2n) is 2.76. The molecule has 0 aliphatic carbocycles. The van der Waals surface area contributed by atoms with E-state index >= 15 is 0 Å². The number of rotatable bonds is 0. The number of aliphatic carboxylic acids is 1. The molecule has 0 saturated carbocycles. The zero-order valence-corrected chi connectivity index (χ0v) is 7.92. The smallest absolute Gasteiger partial charge is 0.408 e. The van der Waals surface area contributed by atoms with Gasteiger partial charge in [-0.2, -0.15) is 5.26 Å². The molecule has 0 bridgehead atoms. The summed E-state index contributed by atoms with van der Waals surface area (Å²) in [6, 6.07) is 17.7. The Bertz CT molecular complexity index is 435. The summed E-state index contributed by atoms with van der Waals surface area (Å²) < 4.78 is 0. The number of carboxylic acids is 1. The molecule has 0 aliphatic heterocycles. The second kappa shape index (κ2) is 5.40. The van der Waals surface area contributed by atoms with Crippen LogP contribution in [0.4, 0.5) is 0 Å². The molecule has 3 nitrogen and oxygen atoms in total. The topological polar surface area (TPSA) is 61.1 Å². The SMILES string of the molecule is N#CC(=O)O.c1ccc2ccccc2c1. The highest BCUT2D eigenvalue weighted by Crippen LogP contribution is 2.11. The van der Waals surface area contributed by atoms with Crippen molar-refractivity contribution in [3.63, 3.8) is 0 Å². The fourth-order valence-corrected chi connectivity index (χ4v) is 1.13. The van der Waals surface area contributed by atoms with Crippen LogP contribution in [-0.4, -0.2) is 11.1 Å². The molecule has 0 saturated heterocycles. The maximum atomic E-state index is 9.01. The Morgan fingerprint density at radius 1 is 1.00 bits per heavy atom. The lowest BCUT2D eigenvalue weighted by Gasteiger charge is -1.92. The van der Waals surface area contributed by atoms with Gasteiger partial charge in [0.05, 0.1) is 0 Å². The first-order valence-electron chi connectivity index (χ1n) is 4.31. The Hall–Kier alpha value is -2.34. The van der Waals surface area contributed by atoms with Crippen molar-refractivity contribution in [2.45, 2.75) is 0 Å². The lowest BCUT2D eigenvalue weighted by Crippen LogP contribution is -1.83. The minimum absolute atomic E-state index is 0.944. The van der Waals surface area contributed by atoms with Crippen molar-refractivity contribution in [2.75, 3.05) is 0 Å². The largest absolute Gasteiger partial charge is 0.470 e. The van der Waals surface area contributed by atoms with Crippen LogP contribution in [0.5, 0.6) is 0 Å². The molecule has 0 aromatic heterocycles. The van der Waals surface area contributed by atoms with Crippen LogP contribution >= 0.6 is 0 Å². The highest BCUT2D eigenvalue weighted by atomic mass is 16.4. The third-order valence-corrected chi connectivity index (χ3v) is 1.75. The third-order valence-electron chi connectivity index (χ3n) is 1.75. The second-order valence-corrected chi connectivity index (χ2v) is 2.76. The summed E-state index contributed by atoms with van der Waals surface area (Å²) in [6.45, 7) is 0. The number of benzene rings is 2. The first kappa shape index (κ1) is 10.7. The summed E-state index contributed by atoms with van der Waals surface area (Å²) in [5, 5.41) is 17.3. The van der Waals surface area contributed by atoms with Gasteiger partial charge in [0.2, 0.25) is 0 Å². The number of fused-ring (bicyclic) bond motifs is 1. The number of carboxylic acid groups (broad SMARTS) is 1. The van der Waals surface area contributed by atoms with Crippen LogP contribution < -0.4 is 0 Å². The summed E-state index contributed by atoms with van der Waals surface area (Å²) in [5.41, 5.74) is 0. The van der Waals surface area contributed by atoms with Gasteiger partial charge in [0.1, 0.15) is 0 Å². The summed E-state index contributed by atoms with van der Waals surface area (Å²) >= 11 is 0. The monoisotopic (exact) mass is 199 g/mol. The van der Waals surface area contributed by atoms with E-state index in [9.17, 15) is 0 Å². The minimum Gasteiger partial charge on any atom is -0.470 e. The Balaban J connectivity index is 0.000000195. The van der Waals surface area contributed by atoms with Crippen molar-refractivity contribution in [3.05, 3.63) is 48.5 Å². The predicted octanol–water partition coefficient (Wildman–Crippen LogP) is 2.43. The zero-order valence-electron chi connectivity index (χ0n) is 7.92. The van der Waals surface area contributed by atoms with Crippen LogP contribution in [0.3, 0.4) is 0 Å². The van der Waals surface area contributed by atoms with E-state index in [2.05, 4.69) is 48.5 Å². The van der Waals surface area contributed by atoms with E-state index in [1.807, 2.05) is 0 Å². The van der Waals surface area contributed by atoms with Gasteiger partial charge in [-0.25, -0.2) is 4.79 Å². The van der Waals surface area contributed by atoms with E-state index in [1.54, 1.807) is 0 Å². The normalized spacial score (nSPS) is 8.47. The fraction of sp³-hybridized carbons (Fsp3) is 0. The molecule has 0 unspecified atom stereocenters. The van der Waals surface area contributed by atoms with E-state index in [0.717, 1.165) is 6.07 Å². The van der Waals surface area contributed by atoms with Crippen molar-refractivity contribution in [3.8, 4) is 6.07 Å². The van der Waals surface area contributed by atoms with Crippen molar-refractivity contribution >= 4 is 16.7 Å². The van der Waals surface area contributed by atoms with Gasteiger partial charge in [0, 0.05) is 0 Å². The highest BCUT2D eigenvalue weighted by Gasteiger charge is 1.85. The molecule has 0 heterocycles. The average Bonchev–Trinajstić information content (AvgIpc) is 2.30. The molecule has 3 heteroatoms. The van der Waals surface area contributed by atoms with Crippen LogP contribution in [0, 0.1) is 11.3 Å². The fourth-order valence-electron chi connectivity index (χ4n) is 1.13. The molecule has 1 N–H and O–H groups in total. The minimum atomic E-state index is -1.44. The maximum Gasteiger partial charge on any atom is 0.408 e. The Kier molecular flexibility index (Phi) is 3.87. The Morgan fingerprint density at radius 2 is 1.27 bits per heavy atom. The maximum absolute atomic E-state index is 9.01. The number of carbonyl (C=O) groups is 1. The summed E-state index contributed by atoms with van der Waals surface area (Å²) in [6.07, 6.45) is 0. The number of hydrogen-bond donors (Lipinski definition) is 1. The quantitative estimate of drug-likeness (QED) is 0.523. The number of nitriles is 1. The average molecular weight is 199 g/mol. The van der Waals surface area contributed by atoms with E-state index in [4.69, 9.17) is 15.2 Å². The van der Waals surface area contributed by atoms with Crippen molar-refractivity contribution < 1.29 is 9.90 Å². The van der Waals surface area contributed by atoms with Crippen LogP contribution in [-0.2, 0) is 4.79 Å². The third kappa shape index (κ3) is 3.49. The van der Waals surface area contributed by atoms with Crippen LogP contribution in [0.1, 0.15) is 0 Å². The molecule has 74 valence electrons. The standard InChI is InChI=1S/C10H8.C2HNO2/c1-2-6-10-8-4-3-7-9(10)5-1;3-1-2(4)5/h1-8H;(H,4,5). The van der Waals surface area contributed by atoms with Crippen molar-refractivity contribution in [1.29, 1.82) is 5.26 Å². The summed E-state index contributed by atoms with van der Waals surface area (Å²) in [5.74, 6) is -1.44. The zero-order chi connectivity index (χ0) is 11.1. The van der Waals surface area contributed by atoms with E-state index in [-0.39, 0.29) is 0 Å². The lowest BCUT2D eigenvalue weighted by atomic mass is 10.1. The lowest BCUT2D eigenvalue weighted by molar-refractivity contribution is -0.130. The Labute approximate surface area is 87.2 Å². The molecule has 2 rings (SSSR count). The van der Waals surface area contributed by atoms with Gasteiger partial charge >= 0.3 is 5.97 Å². The van der Waals surface area contributed by atoms with E-state index in [0.29, 0.717) is 0 Å². The number of nitrogens with zero attached hydrogens (tertiary/aromatic N) is 1. The molecule has 15 heavy (non-hydrogen) atoms. The number of hydrogen-bond acceptors (Lipinski definition) is 2. The molecule has 2 aromatic rings. The van der Waals surface area contributed by atoms with Gasteiger partial charge in [-0.05, 0) is 10.8 Å². The summed E-state index contributed by atoms with van der Waals surface area (Å²) in [7, 11) is 0. The highest BCUT2D eigenvalue weighted by molar-refractivity contribution is 5.83. The molecule has 0 radical (unpaired) electrons. The first-order chi connectivity index (χ1) is 7.24. The van der Waals surface area contributed by atoms with Gasteiger partial charge in [0.15, 0.2) is 6.07 Å². The first-order valence-corrected chi connectivity index (χ1v) is 4.31. The van der Waals surface area contributed by atoms with Gasteiger partial charge in [-0.3, -0.25) is 0 Å². The van der Waals surface area contributed by atoms with Crippen LogP contribution in [0.15, 0.2) is 48.5 Å². The molecule has 0 fully saturated rings. The summed E-state index contributed by atoms with van der Waals surface area (Å²) in [4.78, 5) is 9.01. The van der Waals surface area contributed by atoms with Crippen LogP contribution in [0.2, 0.25) is 0 Å². The molecule has 2 aromatic carbocycles. The van der Waals surface area contributed by atoms with E-state index in [1.165, 1.54) is 10.8 Å². The van der Waals surface area contributed by atoms with E-state index < -0.39 is 5.97 Å². The van der Waals surface area contributed by atoms with Gasteiger partial charge < -0.3 is 5.11 Å². The molecular formula is C12H9NO2. The van der Waals surface area contributed by atoms with Gasteiger partial charge in [-0.15, -0.1) is 0 Å². The Morgan fingerprint density at radius 3 is 1.47 bits per heavy atom. The predicted molar refractivity (Wildman–Crippen MR) is 57.2 cm³/mol. The molecule has 0 aliphatic rings. The molecule has 0 amide bonds. The van der Waals surface area contributed by atoms with Gasteiger partial charge in [0.25, 0.3) is 0 Å². The van der Waals surface area contributed by atoms with Crippen molar-refractivity contribution in [2.24, 2.45) is 0 Å². The molecule has 0 atom stereocenters. The molecule has 0 spiro atoms.